The van der Waals surface area contributed by atoms with Crippen molar-refractivity contribution in [2.24, 2.45) is 0 Å². The standard InChI is InChI=1S/C15H21ClN6O/c1-15(2,3)22-14(23)13(16)11(7-19-22)20-10-6-17-8-12-18-4-5-21(12)9-10/h4-5,7,10,17,20H,6,8-9H2,1-3H3. The Bertz CT molecular complexity index is 760. The fraction of sp³-hybridized carbons (Fsp3) is 0.533. The second-order valence-electron chi connectivity index (χ2n) is 6.73. The number of aromatic nitrogens is 4. The van der Waals surface area contributed by atoms with Gasteiger partial charge >= 0.3 is 0 Å². The number of halogens is 1. The lowest BCUT2D eigenvalue weighted by Gasteiger charge is -2.23. The molecule has 2 aromatic heterocycles. The van der Waals surface area contributed by atoms with Crippen LogP contribution >= 0.6 is 11.6 Å². The van der Waals surface area contributed by atoms with Gasteiger partial charge in [-0.25, -0.2) is 9.67 Å². The van der Waals surface area contributed by atoms with Crippen LogP contribution in [-0.2, 0) is 18.6 Å². The number of hydrogen-bond acceptors (Lipinski definition) is 5. The molecule has 0 saturated carbocycles. The van der Waals surface area contributed by atoms with Gasteiger partial charge in [0.15, 0.2) is 0 Å². The monoisotopic (exact) mass is 336 g/mol. The zero-order valence-electron chi connectivity index (χ0n) is 13.5. The lowest BCUT2D eigenvalue weighted by Crippen LogP contribution is -2.38. The molecule has 0 radical (unpaired) electrons. The fourth-order valence-corrected chi connectivity index (χ4v) is 2.84. The second-order valence-corrected chi connectivity index (χ2v) is 7.11. The first-order valence-corrected chi connectivity index (χ1v) is 7.99. The molecule has 0 aliphatic carbocycles. The van der Waals surface area contributed by atoms with E-state index in [2.05, 4.69) is 25.3 Å². The molecule has 2 aromatic rings. The van der Waals surface area contributed by atoms with Crippen molar-refractivity contribution < 1.29 is 0 Å². The van der Waals surface area contributed by atoms with Crippen molar-refractivity contribution in [2.75, 3.05) is 11.9 Å². The number of imidazole rings is 1. The van der Waals surface area contributed by atoms with E-state index in [1.165, 1.54) is 4.68 Å². The molecule has 8 heteroatoms. The summed E-state index contributed by atoms with van der Waals surface area (Å²) >= 11 is 6.27. The smallest absolute Gasteiger partial charge is 0.288 e. The van der Waals surface area contributed by atoms with Gasteiger partial charge in [0.25, 0.3) is 5.56 Å². The first-order valence-electron chi connectivity index (χ1n) is 7.62. The largest absolute Gasteiger partial charge is 0.377 e. The maximum Gasteiger partial charge on any atom is 0.288 e. The maximum atomic E-state index is 12.4. The highest BCUT2D eigenvalue weighted by atomic mass is 35.5. The summed E-state index contributed by atoms with van der Waals surface area (Å²) in [5.74, 6) is 1.00. The molecule has 124 valence electrons. The van der Waals surface area contributed by atoms with Gasteiger partial charge in [0, 0.05) is 25.5 Å². The molecule has 1 unspecified atom stereocenters. The number of rotatable bonds is 2. The Labute approximate surface area is 139 Å². The Morgan fingerprint density at radius 2 is 2.22 bits per heavy atom. The molecule has 7 nitrogen and oxygen atoms in total. The predicted octanol–water partition coefficient (Wildman–Crippen LogP) is 1.43. The van der Waals surface area contributed by atoms with Gasteiger partial charge in [0.2, 0.25) is 0 Å². The van der Waals surface area contributed by atoms with Crippen LogP contribution in [0.4, 0.5) is 5.69 Å². The summed E-state index contributed by atoms with van der Waals surface area (Å²) in [6.45, 7) is 7.98. The van der Waals surface area contributed by atoms with Gasteiger partial charge in [-0.3, -0.25) is 4.79 Å². The first kappa shape index (κ1) is 16.0. The molecule has 0 saturated heterocycles. The molecule has 23 heavy (non-hydrogen) atoms. The van der Waals surface area contributed by atoms with Gasteiger partial charge in [-0.15, -0.1) is 0 Å². The van der Waals surface area contributed by atoms with Crippen molar-refractivity contribution in [2.45, 2.75) is 45.4 Å². The minimum absolute atomic E-state index is 0.0923. The van der Waals surface area contributed by atoms with Gasteiger partial charge in [-0.2, -0.15) is 5.10 Å². The normalized spacial score (nSPS) is 18.3. The van der Waals surface area contributed by atoms with Crippen LogP contribution in [0.25, 0.3) is 0 Å². The van der Waals surface area contributed by atoms with Crippen molar-refractivity contribution in [3.8, 4) is 0 Å². The zero-order valence-corrected chi connectivity index (χ0v) is 14.3. The van der Waals surface area contributed by atoms with Crippen molar-refractivity contribution in [3.63, 3.8) is 0 Å². The van der Waals surface area contributed by atoms with E-state index in [1.54, 1.807) is 12.4 Å². The molecule has 0 aromatic carbocycles. The Hall–Kier alpha value is -1.86. The highest BCUT2D eigenvalue weighted by Crippen LogP contribution is 2.20. The topological polar surface area (TPSA) is 76.8 Å². The molecular weight excluding hydrogens is 316 g/mol. The summed E-state index contributed by atoms with van der Waals surface area (Å²) in [7, 11) is 0. The van der Waals surface area contributed by atoms with Gasteiger partial charge in [0.05, 0.1) is 30.0 Å². The van der Waals surface area contributed by atoms with E-state index in [4.69, 9.17) is 11.6 Å². The third kappa shape index (κ3) is 3.25. The Kier molecular flexibility index (Phi) is 4.16. The van der Waals surface area contributed by atoms with Crippen molar-refractivity contribution in [3.05, 3.63) is 39.8 Å². The van der Waals surface area contributed by atoms with Crippen LogP contribution in [0.3, 0.4) is 0 Å². The molecule has 2 N–H and O–H groups in total. The van der Waals surface area contributed by atoms with Crippen LogP contribution in [0.1, 0.15) is 26.6 Å². The Morgan fingerprint density at radius 1 is 1.43 bits per heavy atom. The summed E-state index contributed by atoms with van der Waals surface area (Å²) in [6, 6.07) is 0.0923. The van der Waals surface area contributed by atoms with E-state index < -0.39 is 5.54 Å². The molecule has 3 heterocycles. The fourth-order valence-electron chi connectivity index (χ4n) is 2.66. The van der Waals surface area contributed by atoms with E-state index in [1.807, 2.05) is 27.0 Å². The van der Waals surface area contributed by atoms with Gasteiger partial charge < -0.3 is 15.2 Å². The Morgan fingerprint density at radius 3 is 2.96 bits per heavy atom. The summed E-state index contributed by atoms with van der Waals surface area (Å²) in [6.07, 6.45) is 5.36. The molecular formula is C15H21ClN6O. The third-order valence-corrected chi connectivity index (χ3v) is 4.17. The van der Waals surface area contributed by atoms with E-state index >= 15 is 0 Å². The quantitative estimate of drug-likeness (QED) is 0.867. The zero-order chi connectivity index (χ0) is 16.6. The third-order valence-electron chi connectivity index (χ3n) is 3.81. The molecule has 1 aliphatic rings. The molecule has 0 bridgehead atoms. The van der Waals surface area contributed by atoms with Crippen LogP contribution in [0.15, 0.2) is 23.4 Å². The number of hydrogen-bond donors (Lipinski definition) is 2. The van der Waals surface area contributed by atoms with E-state index in [0.29, 0.717) is 5.69 Å². The minimum atomic E-state index is -0.408. The molecule has 0 amide bonds. The van der Waals surface area contributed by atoms with Gasteiger partial charge in [-0.1, -0.05) is 11.6 Å². The van der Waals surface area contributed by atoms with Crippen LogP contribution in [0.2, 0.25) is 5.02 Å². The summed E-state index contributed by atoms with van der Waals surface area (Å²) in [5, 5.41) is 11.1. The van der Waals surface area contributed by atoms with Gasteiger partial charge in [-0.05, 0) is 20.8 Å². The average Bonchev–Trinajstić information content (AvgIpc) is 2.81. The summed E-state index contributed by atoms with van der Waals surface area (Å²) in [4.78, 5) is 16.7. The number of nitrogens with one attached hydrogen (secondary N) is 2. The van der Waals surface area contributed by atoms with Crippen LogP contribution in [0, 0.1) is 0 Å². The second kappa shape index (κ2) is 5.98. The SMILES string of the molecule is CC(C)(C)n1ncc(NC2CNCc3nccn3C2)c(Cl)c1=O. The van der Waals surface area contributed by atoms with Crippen LogP contribution < -0.4 is 16.2 Å². The van der Waals surface area contributed by atoms with Crippen molar-refractivity contribution >= 4 is 17.3 Å². The molecule has 1 aliphatic heterocycles. The summed E-state index contributed by atoms with van der Waals surface area (Å²) < 4.78 is 3.50. The van der Waals surface area contributed by atoms with Crippen LogP contribution in [-0.4, -0.2) is 31.9 Å². The average molecular weight is 337 g/mol. The maximum absolute atomic E-state index is 12.4. The molecule has 0 fully saturated rings. The van der Waals surface area contributed by atoms with Crippen LogP contribution in [0.5, 0.6) is 0 Å². The van der Waals surface area contributed by atoms with Crippen molar-refractivity contribution in [1.29, 1.82) is 0 Å². The van der Waals surface area contributed by atoms with Crippen molar-refractivity contribution in [1.82, 2.24) is 24.6 Å². The number of anilines is 1. The van der Waals surface area contributed by atoms with Gasteiger partial charge in [0.1, 0.15) is 10.8 Å². The van der Waals surface area contributed by atoms with E-state index in [9.17, 15) is 4.79 Å². The molecule has 0 spiro atoms. The molecule has 1 atom stereocenters. The highest BCUT2D eigenvalue weighted by Gasteiger charge is 2.22. The lowest BCUT2D eigenvalue weighted by atomic mass is 10.1. The number of fused-ring (bicyclic) bond motifs is 1. The number of nitrogens with zero attached hydrogens (tertiary/aromatic N) is 4. The van der Waals surface area contributed by atoms with E-state index in [0.717, 1.165) is 25.5 Å². The summed E-state index contributed by atoms with van der Waals surface area (Å²) in [5.41, 5.74) is -0.129. The van der Waals surface area contributed by atoms with E-state index in [-0.39, 0.29) is 16.6 Å². The molecule has 3 rings (SSSR count). The predicted molar refractivity (Wildman–Crippen MR) is 89.8 cm³/mol. The first-order chi connectivity index (χ1) is 10.9. The minimum Gasteiger partial charge on any atom is -0.377 e. The Balaban J connectivity index is 1.84. The highest BCUT2D eigenvalue weighted by molar-refractivity contribution is 6.32. The lowest BCUT2D eigenvalue weighted by molar-refractivity contribution is 0.338.